The fraction of sp³-hybridized carbons (Fsp3) is 0.594. The van der Waals surface area contributed by atoms with Crippen molar-refractivity contribution in [2.75, 3.05) is 11.9 Å². The highest BCUT2D eigenvalue weighted by Crippen LogP contribution is 2.43. The molecule has 0 saturated heterocycles. The molecule has 42 heavy (non-hydrogen) atoms. The first-order valence-electron chi connectivity index (χ1n) is 15.3. The van der Waals surface area contributed by atoms with Gasteiger partial charge in [-0.1, -0.05) is 20.3 Å². The monoisotopic (exact) mass is 581 g/mol. The fourth-order valence-electron chi connectivity index (χ4n) is 7.05. The lowest BCUT2D eigenvalue weighted by Gasteiger charge is -2.31. The molecular weight excluding hydrogens is 537 g/mol. The molecule has 1 atom stereocenters. The number of Topliss-reactive ketones (excluding diaryl/α,β-unsaturated/α-hetero) is 1. The number of hydrogen-bond donors (Lipinski definition) is 4. The van der Waals surface area contributed by atoms with E-state index in [9.17, 15) is 14.4 Å². The van der Waals surface area contributed by atoms with Gasteiger partial charge in [0.25, 0.3) is 5.91 Å². The number of ketones is 1. The van der Waals surface area contributed by atoms with Crippen LogP contribution < -0.4 is 22.5 Å². The second kappa shape index (κ2) is 12.2. The Morgan fingerprint density at radius 1 is 1.12 bits per heavy atom. The molecule has 7 N–H and O–H groups in total. The van der Waals surface area contributed by atoms with Crippen molar-refractivity contribution in [2.24, 2.45) is 22.6 Å². The van der Waals surface area contributed by atoms with Crippen LogP contribution in [-0.2, 0) is 28.8 Å². The van der Waals surface area contributed by atoms with E-state index in [-0.39, 0.29) is 28.9 Å². The van der Waals surface area contributed by atoms with Crippen LogP contribution in [0.4, 0.5) is 10.1 Å². The number of amides is 1. The Kier molecular flexibility index (Phi) is 8.76. The fourth-order valence-corrected chi connectivity index (χ4v) is 7.05. The normalized spacial score (nSPS) is 21.9. The number of esters is 1. The van der Waals surface area contributed by atoms with Crippen LogP contribution in [0, 0.1) is 11.2 Å². The predicted octanol–water partition coefficient (Wildman–Crippen LogP) is 4.08. The topological polar surface area (TPSA) is 155 Å². The molecule has 1 amide bonds. The van der Waals surface area contributed by atoms with Crippen molar-refractivity contribution < 1.29 is 23.5 Å². The number of benzene rings is 1. The van der Waals surface area contributed by atoms with Crippen molar-refractivity contribution in [3.63, 3.8) is 0 Å². The molecule has 1 fully saturated rings. The Bertz CT molecular complexity index is 1380. The van der Waals surface area contributed by atoms with Gasteiger partial charge in [-0.25, -0.2) is 4.39 Å². The van der Waals surface area contributed by atoms with Crippen molar-refractivity contribution in [1.82, 2.24) is 4.57 Å². The molecule has 1 aromatic heterocycles. The molecule has 2 aromatic rings. The quantitative estimate of drug-likeness (QED) is 0.243. The van der Waals surface area contributed by atoms with E-state index in [2.05, 4.69) is 23.7 Å². The number of nitrogens with zero attached hydrogens (tertiary/aromatic N) is 1. The molecule has 228 valence electrons. The van der Waals surface area contributed by atoms with Crippen LogP contribution in [0.3, 0.4) is 0 Å². The Morgan fingerprint density at radius 3 is 2.55 bits per heavy atom. The third kappa shape index (κ3) is 6.10. The highest BCUT2D eigenvalue weighted by molar-refractivity contribution is 6.01. The van der Waals surface area contributed by atoms with Crippen LogP contribution in [0.25, 0.3) is 5.69 Å². The number of nitrogens with two attached hydrogens (primary N) is 3. The molecule has 0 radical (unpaired) electrons. The molecule has 1 aromatic carbocycles. The molecule has 1 saturated carbocycles. The lowest BCUT2D eigenvalue weighted by Crippen LogP contribution is -2.37. The minimum absolute atomic E-state index is 0.0595. The van der Waals surface area contributed by atoms with Gasteiger partial charge in [-0.05, 0) is 93.9 Å². The Morgan fingerprint density at radius 2 is 1.86 bits per heavy atom. The number of fused-ring (bicyclic) bond motifs is 3. The molecule has 9 nitrogen and oxygen atoms in total. The summed E-state index contributed by atoms with van der Waals surface area (Å²) in [5, 5.41) is 3.38. The summed E-state index contributed by atoms with van der Waals surface area (Å²) in [6.45, 7) is 4.74. The largest absolute Gasteiger partial charge is 0.461 e. The predicted molar refractivity (Wildman–Crippen MR) is 159 cm³/mol. The van der Waals surface area contributed by atoms with E-state index in [1.807, 2.05) is 0 Å². The molecule has 10 heteroatoms. The Balaban J connectivity index is 1.36. The first-order chi connectivity index (χ1) is 20.0. The van der Waals surface area contributed by atoms with E-state index < -0.39 is 23.7 Å². The number of hydrogen-bond acceptors (Lipinski definition) is 7. The van der Waals surface area contributed by atoms with Crippen molar-refractivity contribution in [2.45, 2.75) is 109 Å². The highest BCUT2D eigenvalue weighted by atomic mass is 19.1. The summed E-state index contributed by atoms with van der Waals surface area (Å²) in [6, 6.07) is 2.44. The molecular formula is C32H44FN5O4. The zero-order valence-corrected chi connectivity index (χ0v) is 24.8. The summed E-state index contributed by atoms with van der Waals surface area (Å²) in [6.07, 6.45) is 8.33. The van der Waals surface area contributed by atoms with Gasteiger partial charge in [-0.2, -0.15) is 0 Å². The summed E-state index contributed by atoms with van der Waals surface area (Å²) in [5.41, 5.74) is 21.6. The summed E-state index contributed by atoms with van der Waals surface area (Å²) < 4.78 is 23.3. The minimum atomic E-state index is -0.844. The van der Waals surface area contributed by atoms with Crippen LogP contribution >= 0.6 is 0 Å². The van der Waals surface area contributed by atoms with Gasteiger partial charge in [0.1, 0.15) is 18.0 Å². The summed E-state index contributed by atoms with van der Waals surface area (Å²) in [5.74, 6) is -1.77. The average Bonchev–Trinajstić information content (AvgIpc) is 3.48. The lowest BCUT2D eigenvalue weighted by atomic mass is 9.75. The number of carbonyl (C=O) groups is 3. The maximum atomic E-state index is 15.6. The highest BCUT2D eigenvalue weighted by Gasteiger charge is 2.39. The zero-order valence-electron chi connectivity index (χ0n) is 24.8. The van der Waals surface area contributed by atoms with Gasteiger partial charge >= 0.3 is 5.97 Å². The number of anilines is 1. The van der Waals surface area contributed by atoms with E-state index in [1.54, 1.807) is 6.07 Å². The smallest absolute Gasteiger partial charge is 0.323 e. The van der Waals surface area contributed by atoms with Gasteiger partial charge in [-0.15, -0.1) is 0 Å². The molecule has 5 rings (SSSR count). The van der Waals surface area contributed by atoms with Gasteiger partial charge in [0.05, 0.1) is 16.9 Å². The number of aromatic nitrogens is 1. The number of ether oxygens (including phenoxy) is 1. The van der Waals surface area contributed by atoms with Crippen molar-refractivity contribution >= 4 is 23.3 Å². The van der Waals surface area contributed by atoms with Gasteiger partial charge in [0, 0.05) is 29.4 Å². The first-order valence-corrected chi connectivity index (χ1v) is 15.3. The second-order valence-electron chi connectivity index (χ2n) is 13.0. The maximum Gasteiger partial charge on any atom is 0.323 e. The molecule has 0 bridgehead atoms. The average molecular weight is 582 g/mol. The van der Waals surface area contributed by atoms with Crippen LogP contribution in [-0.4, -0.2) is 47.0 Å². The molecule has 3 aliphatic rings. The summed E-state index contributed by atoms with van der Waals surface area (Å²) >= 11 is 0. The van der Waals surface area contributed by atoms with Gasteiger partial charge < -0.3 is 31.8 Å². The second-order valence-corrected chi connectivity index (χ2v) is 13.0. The van der Waals surface area contributed by atoms with Crippen molar-refractivity contribution in [3.05, 3.63) is 46.0 Å². The summed E-state index contributed by atoms with van der Waals surface area (Å²) in [4.78, 5) is 38.0. The number of halogens is 1. The van der Waals surface area contributed by atoms with Gasteiger partial charge in [0.2, 0.25) is 0 Å². The lowest BCUT2D eigenvalue weighted by molar-refractivity contribution is -0.152. The summed E-state index contributed by atoms with van der Waals surface area (Å²) in [7, 11) is 0. The van der Waals surface area contributed by atoms with Crippen LogP contribution in [0.15, 0.2) is 12.1 Å². The number of unbranched alkanes of at least 4 members (excludes halogenated alkanes) is 1. The molecule has 1 heterocycles. The number of primary amides is 1. The van der Waals surface area contributed by atoms with Crippen LogP contribution in [0.5, 0.6) is 0 Å². The molecule has 0 unspecified atom stereocenters. The number of nitrogens with one attached hydrogen (secondary N) is 1. The van der Waals surface area contributed by atoms with Crippen LogP contribution in [0.1, 0.15) is 109 Å². The number of rotatable bonds is 10. The first kappa shape index (κ1) is 30.2. The van der Waals surface area contributed by atoms with E-state index in [4.69, 9.17) is 21.9 Å². The van der Waals surface area contributed by atoms with Crippen molar-refractivity contribution in [3.8, 4) is 5.69 Å². The zero-order chi connectivity index (χ0) is 30.2. The van der Waals surface area contributed by atoms with Gasteiger partial charge in [0.15, 0.2) is 5.78 Å². The SMILES string of the molecule is CC1(C)CC(=O)c2c3c(n(-c4cc(F)c(C(N)=O)c(N[C@H]5CC[C@H](OC(=O)[C@@H](N)CCCCN)CC5)c4)c2C1)CCC3. The number of carbonyl (C=O) groups excluding carboxylic acids is 3. The van der Waals surface area contributed by atoms with Crippen LogP contribution in [0.2, 0.25) is 0 Å². The van der Waals surface area contributed by atoms with Crippen molar-refractivity contribution in [1.29, 1.82) is 0 Å². The maximum absolute atomic E-state index is 15.6. The van der Waals surface area contributed by atoms with E-state index in [0.717, 1.165) is 54.6 Å². The molecule has 0 spiro atoms. The Hall–Kier alpha value is -3.24. The molecule has 3 aliphatic carbocycles. The standard InChI is InChI=1S/C32H44FN5O4/c1-32(2)16-26-28(27(39)17-32)21-6-5-8-25(21)38(26)19-14-22(33)29(30(36)40)24(15-19)37-18-9-11-20(12-10-18)42-31(41)23(35)7-3-4-13-34/h14-15,18,20,23,37H,3-13,16-17,34-35H2,1-2H3,(H2,36,40)/t18-,20-,23-/m0/s1. The third-order valence-electron chi connectivity index (χ3n) is 9.05. The molecule has 0 aliphatic heterocycles. The van der Waals surface area contributed by atoms with E-state index >= 15 is 4.39 Å². The van der Waals surface area contributed by atoms with E-state index in [0.29, 0.717) is 62.9 Å². The third-order valence-corrected chi connectivity index (χ3v) is 9.05. The Labute approximate surface area is 246 Å². The van der Waals surface area contributed by atoms with Gasteiger partial charge in [-0.3, -0.25) is 14.4 Å². The van der Waals surface area contributed by atoms with E-state index in [1.165, 1.54) is 6.07 Å². The minimum Gasteiger partial charge on any atom is -0.461 e.